The van der Waals surface area contributed by atoms with Gasteiger partial charge in [-0.2, -0.15) is 0 Å². The third-order valence-corrected chi connectivity index (χ3v) is 4.27. The molecule has 1 heterocycles. The largest absolute Gasteiger partial charge is 0.357 e. The number of aliphatic imine (C=N–C) groups is 1. The third kappa shape index (κ3) is 7.85. The molecule has 0 amide bonds. The second-order valence-electron chi connectivity index (χ2n) is 6.40. The fourth-order valence-corrected chi connectivity index (χ4v) is 3.03. The van der Waals surface area contributed by atoms with Gasteiger partial charge in [0.05, 0.1) is 0 Å². The Bertz CT molecular complexity index is 554. The number of nitrogens with zero attached hydrogens (tertiary/aromatic N) is 2. The van der Waals surface area contributed by atoms with Gasteiger partial charge in [-0.3, -0.25) is 4.99 Å². The molecule has 0 radical (unpaired) electrons. The van der Waals surface area contributed by atoms with Crippen molar-refractivity contribution in [2.45, 2.75) is 26.2 Å². The molecule has 2 N–H and O–H groups in total. The van der Waals surface area contributed by atoms with Crippen LogP contribution in [0.25, 0.3) is 0 Å². The second kappa shape index (κ2) is 11.6. The van der Waals surface area contributed by atoms with Crippen LogP contribution in [0.5, 0.6) is 0 Å². The normalized spacial score (nSPS) is 18.6. The first-order valence-electron chi connectivity index (χ1n) is 8.73. The molecular formula is C18H29F2IN4. The van der Waals surface area contributed by atoms with Gasteiger partial charge >= 0.3 is 0 Å². The minimum Gasteiger partial charge on any atom is -0.357 e. The van der Waals surface area contributed by atoms with Crippen LogP contribution in [0.4, 0.5) is 8.78 Å². The lowest BCUT2D eigenvalue weighted by Crippen LogP contribution is -2.39. The van der Waals surface area contributed by atoms with E-state index in [0.717, 1.165) is 38.2 Å². The number of halogens is 3. The predicted octanol–water partition coefficient (Wildman–Crippen LogP) is 3.02. The number of benzene rings is 1. The molecule has 142 valence electrons. The molecule has 4 nitrogen and oxygen atoms in total. The van der Waals surface area contributed by atoms with Crippen molar-refractivity contribution in [3.8, 4) is 0 Å². The zero-order valence-electron chi connectivity index (χ0n) is 15.0. The van der Waals surface area contributed by atoms with E-state index in [-0.39, 0.29) is 29.8 Å². The Morgan fingerprint density at radius 1 is 1.32 bits per heavy atom. The summed E-state index contributed by atoms with van der Waals surface area (Å²) in [5.41, 5.74) is 0.382. The lowest BCUT2D eigenvalue weighted by molar-refractivity contribution is 0.214. The molecule has 7 heteroatoms. The van der Waals surface area contributed by atoms with Gasteiger partial charge in [-0.1, -0.05) is 0 Å². The second-order valence-corrected chi connectivity index (χ2v) is 6.40. The van der Waals surface area contributed by atoms with Crippen LogP contribution in [0.2, 0.25) is 0 Å². The number of guanidine groups is 1. The van der Waals surface area contributed by atoms with E-state index in [1.54, 1.807) is 0 Å². The molecule has 1 atom stereocenters. The van der Waals surface area contributed by atoms with Crippen molar-refractivity contribution in [3.05, 3.63) is 35.4 Å². The molecule has 1 unspecified atom stereocenters. The molecule has 0 bridgehead atoms. The topological polar surface area (TPSA) is 39.7 Å². The van der Waals surface area contributed by atoms with Crippen molar-refractivity contribution in [1.82, 2.24) is 15.5 Å². The first-order chi connectivity index (χ1) is 11.6. The van der Waals surface area contributed by atoms with E-state index < -0.39 is 5.82 Å². The van der Waals surface area contributed by atoms with Crippen LogP contribution in [0.3, 0.4) is 0 Å². The molecule has 2 rings (SSSR count). The molecule has 1 aromatic carbocycles. The Labute approximate surface area is 166 Å². The monoisotopic (exact) mass is 466 g/mol. The number of rotatable bonds is 6. The molecule has 1 aromatic rings. The van der Waals surface area contributed by atoms with Crippen molar-refractivity contribution in [3.63, 3.8) is 0 Å². The SMILES string of the molecule is CCNC(=NCC1CCCN(C)C1)NCCc1cc(F)ccc1F.I. The number of likely N-dealkylation sites (tertiary alicyclic amines) is 1. The van der Waals surface area contributed by atoms with Gasteiger partial charge in [0.15, 0.2) is 5.96 Å². The molecule has 0 spiro atoms. The van der Waals surface area contributed by atoms with E-state index >= 15 is 0 Å². The first kappa shape index (κ1) is 22.1. The molecule has 0 saturated carbocycles. The molecule has 0 aromatic heterocycles. The van der Waals surface area contributed by atoms with E-state index in [0.29, 0.717) is 24.4 Å². The summed E-state index contributed by atoms with van der Waals surface area (Å²) in [5, 5.41) is 6.41. The molecule has 1 aliphatic heterocycles. The highest BCUT2D eigenvalue weighted by Crippen LogP contribution is 2.15. The van der Waals surface area contributed by atoms with Crippen LogP contribution in [-0.2, 0) is 6.42 Å². The van der Waals surface area contributed by atoms with Crippen LogP contribution in [0, 0.1) is 17.6 Å². The molecule has 25 heavy (non-hydrogen) atoms. The molecule has 1 fully saturated rings. The summed E-state index contributed by atoms with van der Waals surface area (Å²) in [5.74, 6) is 0.543. The fraction of sp³-hybridized carbons (Fsp3) is 0.611. The zero-order valence-corrected chi connectivity index (χ0v) is 17.4. The summed E-state index contributed by atoms with van der Waals surface area (Å²) < 4.78 is 26.8. The maximum Gasteiger partial charge on any atom is 0.191 e. The number of piperidine rings is 1. The van der Waals surface area contributed by atoms with Gasteiger partial charge in [0, 0.05) is 26.2 Å². The van der Waals surface area contributed by atoms with Crippen LogP contribution in [-0.4, -0.2) is 50.6 Å². The van der Waals surface area contributed by atoms with E-state index in [4.69, 9.17) is 0 Å². The van der Waals surface area contributed by atoms with Gasteiger partial charge in [-0.15, -0.1) is 24.0 Å². The lowest BCUT2D eigenvalue weighted by Gasteiger charge is -2.28. The quantitative estimate of drug-likeness (QED) is 0.385. The summed E-state index contributed by atoms with van der Waals surface area (Å²) in [4.78, 5) is 6.99. The number of hydrogen-bond acceptors (Lipinski definition) is 2. The summed E-state index contributed by atoms with van der Waals surface area (Å²) >= 11 is 0. The Morgan fingerprint density at radius 2 is 2.12 bits per heavy atom. The zero-order chi connectivity index (χ0) is 17.4. The number of nitrogens with one attached hydrogen (secondary N) is 2. The Kier molecular flexibility index (Phi) is 10.3. The predicted molar refractivity (Wildman–Crippen MR) is 110 cm³/mol. The highest BCUT2D eigenvalue weighted by molar-refractivity contribution is 14.0. The maximum absolute atomic E-state index is 13.6. The van der Waals surface area contributed by atoms with Gasteiger partial charge in [0.2, 0.25) is 0 Å². The van der Waals surface area contributed by atoms with Crippen molar-refractivity contribution >= 4 is 29.9 Å². The van der Waals surface area contributed by atoms with E-state index in [9.17, 15) is 8.78 Å². The van der Waals surface area contributed by atoms with Crippen molar-refractivity contribution in [1.29, 1.82) is 0 Å². The fourth-order valence-electron chi connectivity index (χ4n) is 3.03. The highest BCUT2D eigenvalue weighted by Gasteiger charge is 2.16. The molecular weight excluding hydrogens is 437 g/mol. The smallest absolute Gasteiger partial charge is 0.191 e. The molecule has 0 aliphatic carbocycles. The Balaban J connectivity index is 0.00000312. The van der Waals surface area contributed by atoms with Gasteiger partial charge in [-0.05, 0) is 69.5 Å². The van der Waals surface area contributed by atoms with E-state index in [1.807, 2.05) is 6.92 Å². The van der Waals surface area contributed by atoms with Crippen LogP contribution < -0.4 is 10.6 Å². The van der Waals surface area contributed by atoms with Gasteiger partial charge in [-0.25, -0.2) is 8.78 Å². The van der Waals surface area contributed by atoms with E-state index in [1.165, 1.54) is 25.0 Å². The minimum absolute atomic E-state index is 0. The van der Waals surface area contributed by atoms with Gasteiger partial charge in [0.1, 0.15) is 11.6 Å². The first-order valence-corrected chi connectivity index (χ1v) is 8.73. The summed E-state index contributed by atoms with van der Waals surface area (Å²) in [6, 6.07) is 3.56. The van der Waals surface area contributed by atoms with Gasteiger partial charge in [0.25, 0.3) is 0 Å². The Morgan fingerprint density at radius 3 is 2.84 bits per heavy atom. The van der Waals surface area contributed by atoms with Crippen LogP contribution >= 0.6 is 24.0 Å². The standard InChI is InChI=1S/C18H28F2N4.HI/c1-3-21-18(23-12-14-5-4-10-24(2)13-14)22-9-8-15-11-16(19)6-7-17(15)20;/h6-7,11,14H,3-5,8-10,12-13H2,1-2H3,(H2,21,22,23);1H. The van der Waals surface area contributed by atoms with Crippen LogP contribution in [0.1, 0.15) is 25.3 Å². The molecule has 1 saturated heterocycles. The summed E-state index contributed by atoms with van der Waals surface area (Å²) in [7, 11) is 2.15. The van der Waals surface area contributed by atoms with Crippen molar-refractivity contribution in [2.75, 3.05) is 39.8 Å². The summed E-state index contributed by atoms with van der Waals surface area (Å²) in [6.45, 7) is 6.32. The maximum atomic E-state index is 13.6. The van der Waals surface area contributed by atoms with Crippen molar-refractivity contribution in [2.24, 2.45) is 10.9 Å². The van der Waals surface area contributed by atoms with Crippen LogP contribution in [0.15, 0.2) is 23.2 Å². The Hall–Kier alpha value is -0.960. The molecule has 1 aliphatic rings. The van der Waals surface area contributed by atoms with Crippen molar-refractivity contribution < 1.29 is 8.78 Å². The number of hydrogen-bond donors (Lipinski definition) is 2. The lowest BCUT2D eigenvalue weighted by atomic mass is 9.99. The summed E-state index contributed by atoms with van der Waals surface area (Å²) in [6.07, 6.45) is 2.85. The van der Waals surface area contributed by atoms with E-state index in [2.05, 4.69) is 27.6 Å². The minimum atomic E-state index is -0.409. The van der Waals surface area contributed by atoms with Gasteiger partial charge < -0.3 is 15.5 Å². The average molecular weight is 466 g/mol. The average Bonchev–Trinajstić information content (AvgIpc) is 2.56. The third-order valence-electron chi connectivity index (χ3n) is 4.27. The highest BCUT2D eigenvalue weighted by atomic mass is 127.